The average molecular weight is 362 g/mol. The third-order valence-corrected chi connectivity index (χ3v) is 9.25. The molecule has 1 aliphatic rings. The van der Waals surface area contributed by atoms with E-state index in [-0.39, 0.29) is 5.41 Å². The molecule has 0 saturated heterocycles. The predicted molar refractivity (Wildman–Crippen MR) is 102 cm³/mol. The molecule has 0 unspecified atom stereocenters. The molecule has 0 saturated carbocycles. The van der Waals surface area contributed by atoms with Gasteiger partial charge in [0.15, 0.2) is 0 Å². The quantitative estimate of drug-likeness (QED) is 0.622. The van der Waals surface area contributed by atoms with Crippen LogP contribution < -0.4 is 3.32 Å². The normalized spacial score (nSPS) is 15.3. The van der Waals surface area contributed by atoms with Crippen LogP contribution in [0.15, 0.2) is 39.4 Å². The van der Waals surface area contributed by atoms with Crippen molar-refractivity contribution in [2.24, 2.45) is 0 Å². The first-order valence-electron chi connectivity index (χ1n) is 8.38. The van der Waals surface area contributed by atoms with Gasteiger partial charge < -0.3 is 0 Å². The SMILES string of the molecule is [CH2]=[Ti]([O]c1cc(C)cc(C(C)(C)C)c1)[C]1=C([Si](C)(C)C)C=CC1. The molecule has 0 amide bonds. The fraction of sp³-hybridized carbons (Fsp3) is 0.450. The first-order valence-corrected chi connectivity index (χ1v) is 14.4. The number of aryl methyl sites for hydroxylation is 1. The zero-order valence-electron chi connectivity index (χ0n) is 15.7. The molecule has 1 aliphatic carbocycles. The molecule has 0 aliphatic heterocycles. The zero-order chi connectivity index (χ0) is 17.4. The molecule has 0 aromatic heterocycles. The first-order chi connectivity index (χ1) is 10.5. The third kappa shape index (κ3) is 4.65. The molecule has 1 nitrogen and oxygen atoms in total. The van der Waals surface area contributed by atoms with Gasteiger partial charge in [-0.15, -0.1) is 0 Å². The van der Waals surface area contributed by atoms with E-state index < -0.39 is 25.9 Å². The summed E-state index contributed by atoms with van der Waals surface area (Å²) in [6, 6.07) is 6.63. The molecule has 0 spiro atoms. The summed E-state index contributed by atoms with van der Waals surface area (Å²) < 4.78 is 7.95. The van der Waals surface area contributed by atoms with Crippen LogP contribution in [0.1, 0.15) is 38.3 Å². The molecular formula is C20H30OSiTi. The topological polar surface area (TPSA) is 9.23 Å². The summed E-state index contributed by atoms with van der Waals surface area (Å²) in [4.78, 5) is 4.47. The summed E-state index contributed by atoms with van der Waals surface area (Å²) in [7, 11) is -1.30. The van der Waals surface area contributed by atoms with Gasteiger partial charge in [0.2, 0.25) is 0 Å². The van der Waals surface area contributed by atoms with Crippen molar-refractivity contribution in [3.63, 3.8) is 0 Å². The van der Waals surface area contributed by atoms with Crippen LogP contribution in [0.25, 0.3) is 0 Å². The summed E-state index contributed by atoms with van der Waals surface area (Å²) in [6.07, 6.45) is 5.68. The Hall–Kier alpha value is -0.699. The van der Waals surface area contributed by atoms with E-state index in [9.17, 15) is 0 Å². The number of benzene rings is 1. The van der Waals surface area contributed by atoms with E-state index in [1.165, 1.54) is 15.0 Å². The predicted octanol–water partition coefficient (Wildman–Crippen LogP) is 5.73. The first kappa shape index (κ1) is 18.6. The molecule has 2 rings (SSSR count). The van der Waals surface area contributed by atoms with Crippen LogP contribution >= 0.6 is 0 Å². The maximum absolute atomic E-state index is 6.42. The van der Waals surface area contributed by atoms with Crippen molar-refractivity contribution in [2.75, 3.05) is 0 Å². The molecule has 3 heteroatoms. The summed E-state index contributed by atoms with van der Waals surface area (Å²) >= 11 is -1.94. The Morgan fingerprint density at radius 3 is 2.35 bits per heavy atom. The second kappa shape index (κ2) is 6.66. The van der Waals surface area contributed by atoms with E-state index in [4.69, 9.17) is 3.32 Å². The molecule has 0 atom stereocenters. The van der Waals surface area contributed by atoms with Gasteiger partial charge in [0.25, 0.3) is 0 Å². The Balaban J connectivity index is 2.30. The van der Waals surface area contributed by atoms with E-state index >= 15 is 0 Å². The van der Waals surface area contributed by atoms with Crippen molar-refractivity contribution in [3.8, 4) is 5.75 Å². The zero-order valence-corrected chi connectivity index (χ0v) is 18.3. The monoisotopic (exact) mass is 362 g/mol. The van der Waals surface area contributed by atoms with Gasteiger partial charge in [-0.05, 0) is 0 Å². The molecule has 0 heterocycles. The molecule has 1 aromatic rings. The van der Waals surface area contributed by atoms with Crippen molar-refractivity contribution in [1.82, 2.24) is 0 Å². The molecular weight excluding hydrogens is 332 g/mol. The van der Waals surface area contributed by atoms with Gasteiger partial charge in [0.05, 0.1) is 0 Å². The van der Waals surface area contributed by atoms with Crippen LogP contribution in [0, 0.1) is 6.92 Å². The fourth-order valence-electron chi connectivity index (χ4n) is 2.92. The summed E-state index contributed by atoms with van der Waals surface area (Å²) in [5.74, 6) is 1.01. The van der Waals surface area contributed by atoms with Crippen molar-refractivity contribution in [1.29, 1.82) is 0 Å². The van der Waals surface area contributed by atoms with Crippen molar-refractivity contribution >= 4 is 12.9 Å². The molecule has 1 aromatic carbocycles. The molecule has 0 bridgehead atoms. The number of rotatable bonds is 4. The molecule has 124 valence electrons. The van der Waals surface area contributed by atoms with Crippen LogP contribution in [0.4, 0.5) is 0 Å². The molecule has 23 heavy (non-hydrogen) atoms. The van der Waals surface area contributed by atoms with E-state index in [0.717, 1.165) is 12.2 Å². The van der Waals surface area contributed by atoms with Gasteiger partial charge >= 0.3 is 149 Å². The Labute approximate surface area is 149 Å². The molecule has 0 radical (unpaired) electrons. The molecule has 0 N–H and O–H groups in total. The maximum atomic E-state index is 6.42. The Kier molecular flexibility index (Phi) is 5.40. The standard InChI is InChI=1S/C11H16O.C8H13Si.CH2.Ti/c1-8-5-9(11(2,3)4)7-10(12)6-8;1-9(2,3)8-6-4-5-7-8;;/h5-7,12H,1-4H3;4,6H,5H2,1-3H3;1H2;/q;;;+1/p-1. The second-order valence-corrected chi connectivity index (χ2v) is 16.2. The van der Waals surface area contributed by atoms with Crippen molar-refractivity contribution in [2.45, 2.75) is 59.2 Å². The van der Waals surface area contributed by atoms with Crippen LogP contribution in [-0.4, -0.2) is 12.9 Å². The van der Waals surface area contributed by atoms with E-state index in [0.29, 0.717) is 0 Å². The van der Waals surface area contributed by atoms with Crippen LogP contribution in [0.2, 0.25) is 19.6 Å². The van der Waals surface area contributed by atoms with Gasteiger partial charge in [0.1, 0.15) is 0 Å². The summed E-state index contributed by atoms with van der Waals surface area (Å²) in [6.45, 7) is 16.1. The van der Waals surface area contributed by atoms with Gasteiger partial charge in [-0.1, -0.05) is 0 Å². The average Bonchev–Trinajstić information content (AvgIpc) is 2.85. The summed E-state index contributed by atoms with van der Waals surface area (Å²) in [5.41, 5.74) is 2.74. The number of hydrogen-bond acceptors (Lipinski definition) is 1. The minimum absolute atomic E-state index is 0.142. The van der Waals surface area contributed by atoms with Crippen LogP contribution in [0.5, 0.6) is 5.75 Å². The number of hydrogen-bond donors (Lipinski definition) is 0. The Morgan fingerprint density at radius 1 is 1.13 bits per heavy atom. The minimum atomic E-state index is -1.94. The van der Waals surface area contributed by atoms with Gasteiger partial charge in [-0.2, -0.15) is 0 Å². The van der Waals surface area contributed by atoms with E-state index in [1.807, 2.05) is 0 Å². The fourth-order valence-corrected chi connectivity index (χ4v) is 8.83. The molecule has 0 fully saturated rings. The van der Waals surface area contributed by atoms with Gasteiger partial charge in [0, 0.05) is 0 Å². The van der Waals surface area contributed by atoms with Gasteiger partial charge in [-0.3, -0.25) is 0 Å². The van der Waals surface area contributed by atoms with Crippen LogP contribution in [0.3, 0.4) is 0 Å². The van der Waals surface area contributed by atoms with E-state index in [2.05, 4.69) is 82.5 Å². The Morgan fingerprint density at radius 2 is 1.78 bits per heavy atom. The van der Waals surface area contributed by atoms with Gasteiger partial charge in [-0.25, -0.2) is 0 Å². The van der Waals surface area contributed by atoms with Crippen LogP contribution in [-0.2, 0) is 23.2 Å². The van der Waals surface area contributed by atoms with E-state index in [1.54, 1.807) is 5.20 Å². The number of allylic oxidation sites excluding steroid dienone is 4. The summed E-state index contributed by atoms with van der Waals surface area (Å²) in [5, 5.41) is 1.58. The van der Waals surface area contributed by atoms with Crippen molar-refractivity contribution < 1.29 is 21.1 Å². The Bertz CT molecular complexity index is 685. The van der Waals surface area contributed by atoms with Crippen molar-refractivity contribution in [3.05, 3.63) is 50.6 Å². The second-order valence-electron chi connectivity index (χ2n) is 8.56. The third-order valence-electron chi connectivity index (χ3n) is 4.23.